The number of benzene rings is 1. The Balaban J connectivity index is 1.49. The van der Waals surface area contributed by atoms with Gasteiger partial charge in [0.15, 0.2) is 5.60 Å². The van der Waals surface area contributed by atoms with E-state index in [4.69, 9.17) is 9.47 Å². The Morgan fingerprint density at radius 2 is 1.65 bits per heavy atom. The molecule has 0 radical (unpaired) electrons. The zero-order chi connectivity index (χ0) is 37.8. The summed E-state index contributed by atoms with van der Waals surface area (Å²) in [5.74, 6) is -5.35. The second-order valence-electron chi connectivity index (χ2n) is 14.3. The minimum absolute atomic E-state index is 0.0378. The second-order valence-corrected chi connectivity index (χ2v) is 14.3. The monoisotopic (exact) mass is 719 g/mol. The average molecular weight is 720 g/mol. The Morgan fingerprint density at radius 1 is 1.00 bits per heavy atom. The molecule has 15 heteroatoms. The van der Waals surface area contributed by atoms with Crippen LogP contribution in [0.4, 0.5) is 23.7 Å². The summed E-state index contributed by atoms with van der Waals surface area (Å²) in [5.41, 5.74) is -0.565. The van der Waals surface area contributed by atoms with E-state index in [1.165, 1.54) is 18.2 Å². The van der Waals surface area contributed by atoms with Crippen LogP contribution in [0.5, 0.6) is 0 Å². The average Bonchev–Trinajstić information content (AvgIpc) is 3.64. The molecule has 51 heavy (non-hydrogen) atoms. The molecule has 0 bridgehead atoms. The van der Waals surface area contributed by atoms with Crippen molar-refractivity contribution in [2.45, 2.75) is 111 Å². The molecule has 8 unspecified atom stereocenters. The molecule has 2 amide bonds. The first-order valence-corrected chi connectivity index (χ1v) is 17.5. The highest BCUT2D eigenvalue weighted by Gasteiger charge is 2.59. The summed E-state index contributed by atoms with van der Waals surface area (Å²) < 4.78 is 51.6. The van der Waals surface area contributed by atoms with E-state index in [9.17, 15) is 37.1 Å². The van der Waals surface area contributed by atoms with Crippen molar-refractivity contribution >= 4 is 35.2 Å². The van der Waals surface area contributed by atoms with E-state index in [0.717, 1.165) is 0 Å². The van der Waals surface area contributed by atoms with Crippen molar-refractivity contribution in [3.63, 3.8) is 0 Å². The number of hydrogen-bond acceptors (Lipinski definition) is 9. The molecule has 2 saturated heterocycles. The fourth-order valence-corrected chi connectivity index (χ4v) is 7.57. The van der Waals surface area contributed by atoms with Crippen LogP contribution in [-0.2, 0) is 35.2 Å². The fraction of sp³-hybridized carbons (Fsp3) is 0.639. The van der Waals surface area contributed by atoms with Gasteiger partial charge in [-0.15, -0.1) is 5.10 Å². The smallest absolute Gasteiger partial charge is 0.458 e. The summed E-state index contributed by atoms with van der Waals surface area (Å²) in [4.78, 5) is 66.8. The highest BCUT2D eigenvalue weighted by molar-refractivity contribution is 5.99. The molecule has 3 heterocycles. The molecular weight excluding hydrogens is 671 g/mol. The number of carbonyl (C=O) groups is 5. The van der Waals surface area contributed by atoms with Crippen molar-refractivity contribution in [3.8, 4) is 11.3 Å². The van der Waals surface area contributed by atoms with Gasteiger partial charge < -0.3 is 19.7 Å². The summed E-state index contributed by atoms with van der Waals surface area (Å²) in [5, 5.41) is 10.0. The summed E-state index contributed by atoms with van der Waals surface area (Å²) in [6.45, 7) is 13.1. The van der Waals surface area contributed by atoms with E-state index in [-0.39, 0.29) is 48.0 Å². The molecule has 0 spiro atoms. The van der Waals surface area contributed by atoms with Crippen LogP contribution in [0.1, 0.15) is 80.6 Å². The molecular formula is C36H48F3N5O7. The number of fused-ring (bicyclic) bond motifs is 1. The number of amides is 2. The Bertz CT molecular complexity index is 1610. The van der Waals surface area contributed by atoms with Crippen molar-refractivity contribution in [3.05, 3.63) is 30.5 Å². The van der Waals surface area contributed by atoms with Crippen LogP contribution in [0.25, 0.3) is 11.3 Å². The number of cyclic esters (lactones) is 1. The van der Waals surface area contributed by atoms with Gasteiger partial charge in [0.25, 0.3) is 0 Å². The fourth-order valence-electron chi connectivity index (χ4n) is 7.57. The third kappa shape index (κ3) is 8.96. The Kier molecular flexibility index (Phi) is 12.3. The maximum atomic E-state index is 13.9. The van der Waals surface area contributed by atoms with Gasteiger partial charge in [-0.3, -0.25) is 23.9 Å². The van der Waals surface area contributed by atoms with E-state index in [2.05, 4.69) is 10.3 Å². The molecule has 4 rings (SSSR count). The number of ether oxygens (including phenoxy) is 2. The van der Waals surface area contributed by atoms with Crippen LogP contribution in [0.3, 0.4) is 0 Å². The van der Waals surface area contributed by atoms with Crippen molar-refractivity contribution < 1.29 is 46.6 Å². The number of alkyl halides is 3. The van der Waals surface area contributed by atoms with Gasteiger partial charge in [-0.1, -0.05) is 52.0 Å². The zero-order valence-electron chi connectivity index (χ0n) is 30.2. The van der Waals surface area contributed by atoms with Gasteiger partial charge in [-0.2, -0.15) is 13.2 Å². The van der Waals surface area contributed by atoms with E-state index < -0.39 is 53.7 Å². The minimum atomic E-state index is -5.02. The predicted molar refractivity (Wildman–Crippen MR) is 180 cm³/mol. The van der Waals surface area contributed by atoms with Crippen LogP contribution in [0.2, 0.25) is 0 Å². The van der Waals surface area contributed by atoms with E-state index in [0.29, 0.717) is 43.5 Å². The SMILES string of the molecule is CCC1OC(=O)C(C)C(=O)C(C)CC(C)CC(C)C(=O)C(C)C2N(CCCCn3cc(-c4cccc(NC(=O)C(F)(F)F)c4)nn3)C(=O)OC12C. The lowest BCUT2D eigenvalue weighted by molar-refractivity contribution is -0.171. The van der Waals surface area contributed by atoms with Crippen LogP contribution < -0.4 is 5.32 Å². The lowest BCUT2D eigenvalue weighted by atomic mass is 9.75. The lowest BCUT2D eigenvalue weighted by Crippen LogP contribution is -2.57. The van der Waals surface area contributed by atoms with Crippen LogP contribution in [0, 0.1) is 29.6 Å². The largest absolute Gasteiger partial charge is 0.471 e. The number of nitrogens with one attached hydrogen (secondary N) is 1. The Hall–Kier alpha value is -4.30. The van der Waals surface area contributed by atoms with Crippen molar-refractivity contribution in [2.24, 2.45) is 29.6 Å². The molecule has 0 saturated carbocycles. The summed E-state index contributed by atoms with van der Waals surface area (Å²) in [7, 11) is 0. The number of ketones is 2. The number of aromatic nitrogens is 3. The summed E-state index contributed by atoms with van der Waals surface area (Å²) >= 11 is 0. The predicted octanol–water partition coefficient (Wildman–Crippen LogP) is 6.24. The molecule has 8 atom stereocenters. The van der Waals surface area contributed by atoms with Crippen molar-refractivity contribution in [1.29, 1.82) is 0 Å². The van der Waals surface area contributed by atoms with E-state index in [1.807, 2.05) is 19.2 Å². The molecule has 2 aliphatic heterocycles. The Morgan fingerprint density at radius 3 is 2.29 bits per heavy atom. The van der Waals surface area contributed by atoms with Crippen molar-refractivity contribution in [2.75, 3.05) is 11.9 Å². The number of Topliss-reactive ketones (excluding diaryl/α,β-unsaturated/α-hetero) is 2. The molecule has 0 aliphatic carbocycles. The molecule has 12 nitrogen and oxygen atoms in total. The number of aryl methyl sites for hydroxylation is 1. The van der Waals surface area contributed by atoms with Crippen LogP contribution in [0.15, 0.2) is 30.5 Å². The van der Waals surface area contributed by atoms with Crippen LogP contribution in [-0.4, -0.2) is 79.9 Å². The highest BCUT2D eigenvalue weighted by atomic mass is 19.4. The summed E-state index contributed by atoms with van der Waals surface area (Å²) in [6, 6.07) is 5.07. The van der Waals surface area contributed by atoms with Gasteiger partial charge in [0.1, 0.15) is 29.3 Å². The number of rotatable bonds is 8. The number of halogens is 3. The van der Waals surface area contributed by atoms with Gasteiger partial charge in [0.2, 0.25) is 0 Å². The first-order valence-electron chi connectivity index (χ1n) is 17.5. The standard InChI is InChI=1S/C36H48F3N5O7/c1-8-28-35(7)31(23(5)29(45)21(3)16-20(2)17-22(4)30(46)24(6)32(47)50-28)44(34(49)51-35)15-10-9-14-43-19-27(41-42-43)25-12-11-13-26(18-25)40-33(48)36(37,38)39/h11-13,18-24,28,31H,8-10,14-17H2,1-7H3,(H,40,48). The van der Waals surface area contributed by atoms with Crippen molar-refractivity contribution in [1.82, 2.24) is 19.9 Å². The highest BCUT2D eigenvalue weighted by Crippen LogP contribution is 2.41. The molecule has 280 valence electrons. The number of anilines is 1. The Labute approximate surface area is 295 Å². The normalized spacial score (nSPS) is 29.6. The molecule has 1 aromatic heterocycles. The van der Waals surface area contributed by atoms with Gasteiger partial charge in [0.05, 0.1) is 12.2 Å². The molecule has 2 fully saturated rings. The minimum Gasteiger partial charge on any atom is -0.458 e. The third-order valence-corrected chi connectivity index (χ3v) is 10.2. The lowest BCUT2D eigenvalue weighted by Gasteiger charge is -2.40. The van der Waals surface area contributed by atoms with E-state index >= 15 is 0 Å². The number of carbonyl (C=O) groups excluding carboxylic acids is 5. The first-order chi connectivity index (χ1) is 23.9. The number of esters is 1. The quantitative estimate of drug-likeness (QED) is 0.190. The van der Waals surface area contributed by atoms with E-state index in [1.54, 1.807) is 56.5 Å². The molecule has 1 N–H and O–H groups in total. The molecule has 2 aliphatic rings. The van der Waals surface area contributed by atoms with Gasteiger partial charge in [-0.25, -0.2) is 4.79 Å². The second kappa shape index (κ2) is 15.9. The number of unbranched alkanes of at least 4 members (excludes halogenated alkanes) is 1. The van der Waals surface area contributed by atoms with Gasteiger partial charge >= 0.3 is 24.1 Å². The molecule has 1 aromatic carbocycles. The number of nitrogens with zero attached hydrogens (tertiary/aromatic N) is 4. The maximum Gasteiger partial charge on any atom is 0.471 e. The molecule has 2 aromatic rings. The van der Waals surface area contributed by atoms with Gasteiger partial charge in [-0.05, 0) is 64.0 Å². The van der Waals surface area contributed by atoms with Crippen LogP contribution >= 0.6 is 0 Å². The number of hydrogen-bond donors (Lipinski definition) is 1. The first kappa shape index (κ1) is 39.5. The third-order valence-electron chi connectivity index (χ3n) is 10.2. The summed E-state index contributed by atoms with van der Waals surface area (Å²) in [6.07, 6.45) is -2.52. The maximum absolute atomic E-state index is 13.9. The van der Waals surface area contributed by atoms with Gasteiger partial charge in [0, 0.05) is 42.1 Å². The topological polar surface area (TPSA) is 150 Å². The zero-order valence-corrected chi connectivity index (χ0v) is 30.2.